The van der Waals surface area contributed by atoms with Crippen molar-refractivity contribution in [2.24, 2.45) is 0 Å². The van der Waals surface area contributed by atoms with Crippen LogP contribution in [0, 0.1) is 3.70 Å². The van der Waals surface area contributed by atoms with Gasteiger partial charge in [-0.25, -0.2) is 9.78 Å². The molecule has 0 radical (unpaired) electrons. The molecular weight excluding hydrogens is 519 g/mol. The Morgan fingerprint density at radius 3 is 2.71 bits per heavy atom. The lowest BCUT2D eigenvalue weighted by molar-refractivity contribution is -0.0499. The van der Waals surface area contributed by atoms with Gasteiger partial charge in [-0.3, -0.25) is 4.90 Å². The second-order valence-corrected chi connectivity index (χ2v) is 9.49. The fourth-order valence-corrected chi connectivity index (χ4v) is 4.77. The van der Waals surface area contributed by atoms with E-state index in [9.17, 15) is 13.6 Å². The molecule has 1 aliphatic heterocycles. The zero-order valence-electron chi connectivity index (χ0n) is 18.2. The van der Waals surface area contributed by atoms with E-state index in [0.717, 1.165) is 27.2 Å². The van der Waals surface area contributed by atoms with Gasteiger partial charge in [0.2, 0.25) is 0 Å². The first-order chi connectivity index (χ1) is 14.6. The van der Waals surface area contributed by atoms with Crippen LogP contribution in [0.15, 0.2) is 24.3 Å². The highest BCUT2D eigenvalue weighted by Gasteiger charge is 2.36. The van der Waals surface area contributed by atoms with Gasteiger partial charge in [0.05, 0.1) is 11.7 Å². The molecular formula is C22H28F2IN3O3. The Bertz CT molecular complexity index is 927. The highest BCUT2D eigenvalue weighted by atomic mass is 127. The molecule has 1 aromatic heterocycles. The average molecular weight is 547 g/mol. The molecule has 1 aliphatic rings. The van der Waals surface area contributed by atoms with Crippen LogP contribution in [0.2, 0.25) is 0 Å². The Balaban J connectivity index is 1.87. The van der Waals surface area contributed by atoms with Crippen molar-refractivity contribution < 1.29 is 23.0 Å². The molecule has 1 amide bonds. The van der Waals surface area contributed by atoms with E-state index in [2.05, 4.69) is 38.8 Å². The van der Waals surface area contributed by atoms with E-state index in [1.807, 2.05) is 26.8 Å². The number of rotatable bonds is 6. The maximum absolute atomic E-state index is 13.0. The van der Waals surface area contributed by atoms with Gasteiger partial charge in [0, 0.05) is 19.5 Å². The van der Waals surface area contributed by atoms with Crippen molar-refractivity contribution in [2.75, 3.05) is 6.54 Å². The van der Waals surface area contributed by atoms with E-state index in [-0.39, 0.29) is 17.9 Å². The Labute approximate surface area is 195 Å². The van der Waals surface area contributed by atoms with Crippen LogP contribution in [0.25, 0.3) is 0 Å². The maximum Gasteiger partial charge on any atom is 0.410 e. The highest BCUT2D eigenvalue weighted by molar-refractivity contribution is 14.1. The summed E-state index contributed by atoms with van der Waals surface area (Å²) in [5.41, 5.74) is 1.28. The number of hydrogen-bond donors (Lipinski definition) is 0. The molecule has 0 N–H and O–H groups in total. The number of alkyl halides is 2. The lowest BCUT2D eigenvalue weighted by Gasteiger charge is -2.38. The molecule has 31 heavy (non-hydrogen) atoms. The van der Waals surface area contributed by atoms with Crippen LogP contribution in [-0.4, -0.2) is 39.3 Å². The minimum absolute atomic E-state index is 0.132. The van der Waals surface area contributed by atoms with E-state index >= 15 is 0 Å². The molecule has 0 spiro atoms. The average Bonchev–Trinajstić information content (AvgIpc) is 3.00. The largest absolute Gasteiger partial charge is 0.444 e. The molecule has 170 valence electrons. The Hall–Kier alpha value is -1.91. The third-order valence-corrected chi connectivity index (χ3v) is 5.87. The van der Waals surface area contributed by atoms with Gasteiger partial charge in [0.25, 0.3) is 0 Å². The lowest BCUT2D eigenvalue weighted by Crippen LogP contribution is -2.45. The molecule has 3 rings (SSSR count). The number of halogens is 3. The molecule has 6 nitrogen and oxygen atoms in total. The van der Waals surface area contributed by atoms with Crippen molar-refractivity contribution in [3.05, 3.63) is 45.0 Å². The number of aromatic nitrogens is 2. The molecule has 0 aliphatic carbocycles. The molecule has 1 unspecified atom stereocenters. The number of imidazole rings is 1. The molecule has 9 heteroatoms. The number of nitrogens with zero attached hydrogens (tertiary/aromatic N) is 3. The van der Waals surface area contributed by atoms with Crippen molar-refractivity contribution >= 4 is 28.7 Å². The first kappa shape index (κ1) is 23.7. The topological polar surface area (TPSA) is 56.6 Å². The lowest BCUT2D eigenvalue weighted by atomic mass is 10.00. The molecule has 0 bridgehead atoms. The van der Waals surface area contributed by atoms with Crippen LogP contribution in [0.1, 0.15) is 57.2 Å². The van der Waals surface area contributed by atoms with E-state index in [1.165, 1.54) is 6.07 Å². The summed E-state index contributed by atoms with van der Waals surface area (Å²) in [6.45, 7) is 5.95. The number of hydrogen-bond acceptors (Lipinski definition) is 4. The molecule has 0 saturated heterocycles. The summed E-state index contributed by atoms with van der Waals surface area (Å²) < 4.78 is 38.4. The molecule has 1 aromatic carbocycles. The zero-order chi connectivity index (χ0) is 22.8. The summed E-state index contributed by atoms with van der Waals surface area (Å²) in [6.07, 6.45) is 1.66. The Kier molecular flexibility index (Phi) is 7.43. The van der Waals surface area contributed by atoms with E-state index < -0.39 is 12.2 Å². The van der Waals surface area contributed by atoms with Crippen molar-refractivity contribution in [2.45, 2.75) is 71.8 Å². The normalized spacial score (nSPS) is 16.4. The number of carbonyl (C=O) groups is 1. The minimum atomic E-state index is -2.86. The van der Waals surface area contributed by atoms with Gasteiger partial charge in [-0.05, 0) is 73.9 Å². The van der Waals surface area contributed by atoms with Gasteiger partial charge >= 0.3 is 12.7 Å². The maximum atomic E-state index is 13.0. The van der Waals surface area contributed by atoms with Crippen molar-refractivity contribution in [3.8, 4) is 5.75 Å². The molecule has 0 fully saturated rings. The summed E-state index contributed by atoms with van der Waals surface area (Å²) in [4.78, 5) is 19.4. The van der Waals surface area contributed by atoms with Gasteiger partial charge in [0.1, 0.15) is 20.9 Å². The van der Waals surface area contributed by atoms with Crippen LogP contribution >= 0.6 is 22.6 Å². The number of aryl methyl sites for hydroxylation is 2. The standard InChI is InChI=1S/C22H28F2IN3O3/c1-5-17-26-19(25)18-16(10-9-14-7-6-8-15(13-14)30-20(23)24)27(11-12-28(17)18)21(29)31-22(2,3)4/h6-8,13,16,20H,5,9-12H2,1-4H3. The van der Waals surface area contributed by atoms with Gasteiger partial charge in [0.15, 0.2) is 0 Å². The molecule has 2 heterocycles. The minimum Gasteiger partial charge on any atom is -0.444 e. The fraction of sp³-hybridized carbons (Fsp3) is 0.545. The molecule has 0 saturated carbocycles. The van der Waals surface area contributed by atoms with Crippen LogP contribution in [0.3, 0.4) is 0 Å². The number of carbonyl (C=O) groups excluding carboxylic acids is 1. The SMILES string of the molecule is CCc1nc(I)c2n1CCN(C(=O)OC(C)(C)C)C2CCc1cccc(OC(F)F)c1. The number of benzene rings is 1. The summed E-state index contributed by atoms with van der Waals surface area (Å²) in [5.74, 6) is 1.13. The third-order valence-electron chi connectivity index (χ3n) is 5.07. The van der Waals surface area contributed by atoms with Crippen LogP contribution in [0.5, 0.6) is 5.75 Å². The monoisotopic (exact) mass is 547 g/mol. The number of ether oxygens (including phenoxy) is 2. The Morgan fingerprint density at radius 2 is 2.06 bits per heavy atom. The van der Waals surface area contributed by atoms with Crippen LogP contribution < -0.4 is 4.74 Å². The molecule has 1 atom stereocenters. The second-order valence-electron chi connectivity index (χ2n) is 8.46. The summed E-state index contributed by atoms with van der Waals surface area (Å²) >= 11 is 2.22. The highest BCUT2D eigenvalue weighted by Crippen LogP contribution is 2.35. The van der Waals surface area contributed by atoms with Gasteiger partial charge < -0.3 is 14.0 Å². The van der Waals surface area contributed by atoms with Crippen molar-refractivity contribution in [1.82, 2.24) is 14.5 Å². The predicted octanol–water partition coefficient (Wildman–Crippen LogP) is 5.58. The number of fused-ring (bicyclic) bond motifs is 1. The van der Waals surface area contributed by atoms with Gasteiger partial charge in [-0.2, -0.15) is 8.78 Å². The smallest absolute Gasteiger partial charge is 0.410 e. The van der Waals surface area contributed by atoms with Gasteiger partial charge in [-0.1, -0.05) is 19.1 Å². The van der Waals surface area contributed by atoms with Crippen molar-refractivity contribution in [3.63, 3.8) is 0 Å². The fourth-order valence-electron chi connectivity index (χ4n) is 3.84. The van der Waals surface area contributed by atoms with E-state index in [1.54, 1.807) is 17.0 Å². The van der Waals surface area contributed by atoms with Crippen LogP contribution in [0.4, 0.5) is 13.6 Å². The predicted molar refractivity (Wildman–Crippen MR) is 121 cm³/mol. The summed E-state index contributed by atoms with van der Waals surface area (Å²) in [7, 11) is 0. The summed E-state index contributed by atoms with van der Waals surface area (Å²) in [5, 5.41) is 0. The third kappa shape index (κ3) is 5.87. The first-order valence-corrected chi connectivity index (χ1v) is 11.4. The molecule has 2 aromatic rings. The van der Waals surface area contributed by atoms with Gasteiger partial charge in [-0.15, -0.1) is 0 Å². The zero-order valence-corrected chi connectivity index (χ0v) is 20.4. The first-order valence-electron chi connectivity index (χ1n) is 10.4. The van der Waals surface area contributed by atoms with E-state index in [0.29, 0.717) is 25.9 Å². The summed E-state index contributed by atoms with van der Waals surface area (Å²) in [6, 6.07) is 6.48. The van der Waals surface area contributed by atoms with Crippen molar-refractivity contribution in [1.29, 1.82) is 0 Å². The number of amides is 1. The van der Waals surface area contributed by atoms with Crippen LogP contribution in [-0.2, 0) is 24.1 Å². The quantitative estimate of drug-likeness (QED) is 0.444. The van der Waals surface area contributed by atoms with E-state index in [4.69, 9.17) is 9.72 Å². The second kappa shape index (κ2) is 9.70. The Morgan fingerprint density at radius 1 is 1.32 bits per heavy atom.